The van der Waals surface area contributed by atoms with E-state index in [9.17, 15) is 15.0 Å². The molecule has 4 atom stereocenters. The molecule has 23 heavy (non-hydrogen) atoms. The minimum Gasteiger partial charge on any atom is -0.507 e. The zero-order valence-corrected chi connectivity index (χ0v) is 13.6. The Morgan fingerprint density at radius 1 is 1.26 bits per heavy atom. The van der Waals surface area contributed by atoms with Gasteiger partial charge in [-0.15, -0.1) is 0 Å². The summed E-state index contributed by atoms with van der Waals surface area (Å²) in [6.45, 7) is 2.24. The standard InChI is InChI=1S/C19H25NO3/c1-11-6-9-18-7-2-3-8-19(18,23)14(11)10-12-4-5-13(17(20)22)16(21)15(12)18/h4-5,11,14,21,23H,2-3,6-10H2,1H3,(H2,20,22). The third-order valence-corrected chi connectivity index (χ3v) is 7.01. The van der Waals surface area contributed by atoms with Crippen LogP contribution in [-0.4, -0.2) is 21.7 Å². The van der Waals surface area contributed by atoms with Crippen LogP contribution in [0.4, 0.5) is 0 Å². The van der Waals surface area contributed by atoms with Gasteiger partial charge in [0.1, 0.15) is 5.75 Å². The number of hydrogen-bond acceptors (Lipinski definition) is 3. The summed E-state index contributed by atoms with van der Waals surface area (Å²) in [4.78, 5) is 11.7. The highest BCUT2D eigenvalue weighted by Crippen LogP contribution is 2.64. The van der Waals surface area contributed by atoms with Gasteiger partial charge in [0.25, 0.3) is 5.91 Å². The van der Waals surface area contributed by atoms with E-state index in [1.54, 1.807) is 6.07 Å². The lowest BCUT2D eigenvalue weighted by Gasteiger charge is -2.62. The Labute approximate surface area is 136 Å². The van der Waals surface area contributed by atoms with Gasteiger partial charge in [-0.2, -0.15) is 0 Å². The molecule has 4 N–H and O–H groups in total. The van der Waals surface area contributed by atoms with Crippen molar-refractivity contribution in [2.45, 2.75) is 62.9 Å². The molecule has 0 spiro atoms. The van der Waals surface area contributed by atoms with Gasteiger partial charge in [0.05, 0.1) is 11.2 Å². The topological polar surface area (TPSA) is 83.5 Å². The zero-order chi connectivity index (χ0) is 16.4. The van der Waals surface area contributed by atoms with Crippen LogP contribution in [-0.2, 0) is 11.8 Å². The molecule has 0 radical (unpaired) electrons. The van der Waals surface area contributed by atoms with Crippen molar-refractivity contribution in [2.24, 2.45) is 17.6 Å². The van der Waals surface area contributed by atoms with E-state index in [1.165, 1.54) is 0 Å². The third kappa shape index (κ3) is 1.73. The Bertz CT molecular complexity index is 685. The number of hydrogen-bond donors (Lipinski definition) is 3. The summed E-state index contributed by atoms with van der Waals surface area (Å²) in [5, 5.41) is 22.5. The maximum atomic E-state index is 11.7. The number of carbonyl (C=O) groups excluding carboxylic acids is 1. The molecule has 2 bridgehead atoms. The molecule has 1 amide bonds. The summed E-state index contributed by atoms with van der Waals surface area (Å²) >= 11 is 0. The quantitative estimate of drug-likeness (QED) is 0.745. The second-order valence-corrected chi connectivity index (χ2v) is 7.90. The van der Waals surface area contributed by atoms with E-state index in [-0.39, 0.29) is 17.2 Å². The Morgan fingerprint density at radius 3 is 2.74 bits per heavy atom. The third-order valence-electron chi connectivity index (χ3n) is 7.01. The Balaban J connectivity index is 2.00. The maximum absolute atomic E-state index is 11.7. The fourth-order valence-corrected chi connectivity index (χ4v) is 5.91. The van der Waals surface area contributed by atoms with E-state index in [0.29, 0.717) is 5.92 Å². The Kier molecular flexibility index (Phi) is 3.08. The summed E-state index contributed by atoms with van der Waals surface area (Å²) in [7, 11) is 0. The van der Waals surface area contributed by atoms with Crippen molar-refractivity contribution in [2.75, 3.05) is 0 Å². The monoisotopic (exact) mass is 315 g/mol. The van der Waals surface area contributed by atoms with Gasteiger partial charge in [-0.3, -0.25) is 4.79 Å². The predicted octanol–water partition coefficient (Wildman–Crippen LogP) is 2.64. The molecule has 1 aromatic carbocycles. The summed E-state index contributed by atoms with van der Waals surface area (Å²) in [6, 6.07) is 3.58. The first-order valence-corrected chi connectivity index (χ1v) is 8.78. The van der Waals surface area contributed by atoms with Gasteiger partial charge >= 0.3 is 0 Å². The molecular weight excluding hydrogens is 290 g/mol. The largest absolute Gasteiger partial charge is 0.507 e. The first-order valence-electron chi connectivity index (χ1n) is 8.78. The lowest BCUT2D eigenvalue weighted by Crippen LogP contribution is -2.65. The maximum Gasteiger partial charge on any atom is 0.252 e. The van der Waals surface area contributed by atoms with Crippen LogP contribution in [0, 0.1) is 11.8 Å². The molecule has 2 fully saturated rings. The number of phenols is 1. The lowest BCUT2D eigenvalue weighted by atomic mass is 9.44. The van der Waals surface area contributed by atoms with Crippen LogP contribution < -0.4 is 5.73 Å². The van der Waals surface area contributed by atoms with Gasteiger partial charge < -0.3 is 15.9 Å². The van der Waals surface area contributed by atoms with Gasteiger partial charge in [0, 0.05) is 11.0 Å². The van der Waals surface area contributed by atoms with Crippen LogP contribution in [0.2, 0.25) is 0 Å². The van der Waals surface area contributed by atoms with Crippen LogP contribution in [0.5, 0.6) is 5.75 Å². The molecule has 4 rings (SSSR count). The van der Waals surface area contributed by atoms with E-state index in [2.05, 4.69) is 6.92 Å². The Hall–Kier alpha value is -1.55. The van der Waals surface area contributed by atoms with Crippen LogP contribution in [0.3, 0.4) is 0 Å². The molecular formula is C19H25NO3. The van der Waals surface area contributed by atoms with E-state index >= 15 is 0 Å². The van der Waals surface area contributed by atoms with E-state index in [4.69, 9.17) is 5.73 Å². The highest BCUT2D eigenvalue weighted by molar-refractivity contribution is 5.96. The number of aromatic hydroxyl groups is 1. The van der Waals surface area contributed by atoms with Crippen molar-refractivity contribution < 1.29 is 15.0 Å². The highest BCUT2D eigenvalue weighted by atomic mass is 16.3. The number of benzene rings is 1. The number of aliphatic hydroxyl groups is 1. The zero-order valence-electron chi connectivity index (χ0n) is 13.6. The van der Waals surface area contributed by atoms with E-state index < -0.39 is 16.9 Å². The fourth-order valence-electron chi connectivity index (χ4n) is 5.91. The summed E-state index contributed by atoms with van der Waals surface area (Å²) in [5.74, 6) is 0.135. The molecule has 4 heteroatoms. The SMILES string of the molecule is CC1CCC23CCCCC2(O)C1Cc1ccc(C(N)=O)c(O)c13. The minimum atomic E-state index is -0.760. The molecule has 4 unspecified atom stereocenters. The summed E-state index contributed by atoms with van der Waals surface area (Å²) < 4.78 is 0. The van der Waals surface area contributed by atoms with Crippen molar-refractivity contribution in [3.05, 3.63) is 28.8 Å². The number of rotatable bonds is 1. The molecule has 124 valence electrons. The van der Waals surface area contributed by atoms with Crippen LogP contribution in [0.25, 0.3) is 0 Å². The van der Waals surface area contributed by atoms with Crippen molar-refractivity contribution in [3.8, 4) is 5.75 Å². The second kappa shape index (κ2) is 4.73. The molecule has 3 aliphatic carbocycles. The molecule has 0 aromatic heterocycles. The Morgan fingerprint density at radius 2 is 2.00 bits per heavy atom. The number of fused-ring (bicyclic) bond motifs is 1. The van der Waals surface area contributed by atoms with Crippen LogP contribution in [0.1, 0.15) is 66.9 Å². The number of primary amides is 1. The molecule has 4 nitrogen and oxygen atoms in total. The second-order valence-electron chi connectivity index (χ2n) is 7.90. The first-order chi connectivity index (χ1) is 10.9. The van der Waals surface area contributed by atoms with Crippen molar-refractivity contribution in [3.63, 3.8) is 0 Å². The van der Waals surface area contributed by atoms with Gasteiger partial charge in [-0.05, 0) is 55.6 Å². The van der Waals surface area contributed by atoms with Gasteiger partial charge in [-0.25, -0.2) is 0 Å². The van der Waals surface area contributed by atoms with E-state index in [1.807, 2.05) is 6.07 Å². The van der Waals surface area contributed by atoms with Gasteiger partial charge in [0.2, 0.25) is 0 Å². The number of carbonyl (C=O) groups is 1. The summed E-state index contributed by atoms with van der Waals surface area (Å²) in [6.07, 6.45) is 6.49. The fraction of sp³-hybridized carbons (Fsp3) is 0.632. The average molecular weight is 315 g/mol. The normalized spacial score (nSPS) is 38.5. The first kappa shape index (κ1) is 15.0. The smallest absolute Gasteiger partial charge is 0.252 e. The summed E-state index contributed by atoms with van der Waals surface area (Å²) in [5.41, 5.74) is 6.36. The molecule has 0 heterocycles. The van der Waals surface area contributed by atoms with Crippen LogP contribution in [0.15, 0.2) is 12.1 Å². The van der Waals surface area contributed by atoms with Crippen LogP contribution >= 0.6 is 0 Å². The molecule has 3 aliphatic rings. The van der Waals surface area contributed by atoms with Crippen molar-refractivity contribution >= 4 is 5.91 Å². The van der Waals surface area contributed by atoms with E-state index in [0.717, 1.165) is 56.1 Å². The average Bonchev–Trinajstić information content (AvgIpc) is 2.50. The predicted molar refractivity (Wildman–Crippen MR) is 87.3 cm³/mol. The highest BCUT2D eigenvalue weighted by Gasteiger charge is 2.63. The molecule has 0 saturated heterocycles. The van der Waals surface area contributed by atoms with Gasteiger partial charge in [-0.1, -0.05) is 25.8 Å². The lowest BCUT2D eigenvalue weighted by molar-refractivity contribution is -0.162. The number of amides is 1. The van der Waals surface area contributed by atoms with Crippen molar-refractivity contribution in [1.29, 1.82) is 0 Å². The molecule has 1 aromatic rings. The van der Waals surface area contributed by atoms with Crippen molar-refractivity contribution in [1.82, 2.24) is 0 Å². The molecule has 2 saturated carbocycles. The van der Waals surface area contributed by atoms with Gasteiger partial charge in [0.15, 0.2) is 0 Å². The molecule has 0 aliphatic heterocycles. The number of nitrogens with two attached hydrogens (primary N) is 1. The minimum absolute atomic E-state index is 0.0170.